The van der Waals surface area contributed by atoms with E-state index < -0.39 is 0 Å². The summed E-state index contributed by atoms with van der Waals surface area (Å²) in [5.41, 5.74) is 3.20. The first kappa shape index (κ1) is 18.7. The Morgan fingerprint density at radius 3 is 2.41 bits per heavy atom. The number of aryl methyl sites for hydroxylation is 1. The number of nitrogens with zero attached hydrogens (tertiary/aromatic N) is 1. The Morgan fingerprint density at radius 2 is 1.76 bits per heavy atom. The third-order valence-corrected chi connectivity index (χ3v) is 5.10. The zero-order chi connectivity index (χ0) is 20.4. The first-order valence-electron chi connectivity index (χ1n) is 9.38. The van der Waals surface area contributed by atoms with Crippen LogP contribution in [-0.4, -0.2) is 5.91 Å². The molecule has 1 aliphatic carbocycles. The number of anilines is 1. The minimum Gasteiger partial charge on any atom is -0.457 e. The molecule has 4 rings (SSSR count). The van der Waals surface area contributed by atoms with Gasteiger partial charge in [-0.25, -0.2) is 4.39 Å². The number of carbonyl (C=O) groups is 1. The van der Waals surface area contributed by atoms with E-state index in [0.29, 0.717) is 17.1 Å². The summed E-state index contributed by atoms with van der Waals surface area (Å²) < 4.78 is 18.9. The number of carbonyl (C=O) groups excluding carboxylic acids is 1. The minimum absolute atomic E-state index is 0.0248. The molecule has 29 heavy (non-hydrogen) atoms. The molecule has 1 N–H and O–H groups in total. The van der Waals surface area contributed by atoms with Gasteiger partial charge in [-0.05, 0) is 85.0 Å². The number of hydrogen-bond donors (Lipinski definition) is 1. The van der Waals surface area contributed by atoms with Crippen molar-refractivity contribution in [2.75, 3.05) is 5.32 Å². The minimum atomic E-state index is -0.269. The standard InChI is InChI=1S/C24H19FN2O2/c1-15-12-20(29-19-8-2-16(14-26)3-9-19)10-11-23(15)27-24(28)22-13-21(22)17-4-6-18(25)7-5-17/h2-12,21-22H,13H2,1H3,(H,27,28). The molecule has 5 heteroatoms. The van der Waals surface area contributed by atoms with E-state index in [-0.39, 0.29) is 23.6 Å². The van der Waals surface area contributed by atoms with Gasteiger partial charge in [-0.1, -0.05) is 12.1 Å². The van der Waals surface area contributed by atoms with E-state index in [4.69, 9.17) is 10.00 Å². The van der Waals surface area contributed by atoms with Crippen molar-refractivity contribution in [3.8, 4) is 17.6 Å². The molecule has 1 aliphatic rings. The van der Waals surface area contributed by atoms with E-state index in [2.05, 4.69) is 11.4 Å². The van der Waals surface area contributed by atoms with E-state index in [1.165, 1.54) is 12.1 Å². The van der Waals surface area contributed by atoms with Crippen LogP contribution in [0.4, 0.5) is 10.1 Å². The average molecular weight is 386 g/mol. The molecule has 0 aliphatic heterocycles. The topological polar surface area (TPSA) is 62.1 Å². The number of ether oxygens (including phenoxy) is 1. The first-order chi connectivity index (χ1) is 14.0. The molecule has 0 aromatic heterocycles. The van der Waals surface area contributed by atoms with Crippen molar-refractivity contribution in [3.63, 3.8) is 0 Å². The summed E-state index contributed by atoms with van der Waals surface area (Å²) in [5, 5.41) is 11.8. The number of hydrogen-bond acceptors (Lipinski definition) is 3. The van der Waals surface area contributed by atoms with Crippen LogP contribution >= 0.6 is 0 Å². The third-order valence-electron chi connectivity index (χ3n) is 5.10. The van der Waals surface area contributed by atoms with Crippen LogP contribution in [0.2, 0.25) is 0 Å². The van der Waals surface area contributed by atoms with Gasteiger partial charge in [-0.3, -0.25) is 4.79 Å². The highest BCUT2D eigenvalue weighted by Gasteiger charge is 2.43. The molecular formula is C24H19FN2O2. The summed E-state index contributed by atoms with van der Waals surface area (Å²) in [6, 6.07) is 20.8. The van der Waals surface area contributed by atoms with Gasteiger partial charge >= 0.3 is 0 Å². The molecule has 2 atom stereocenters. The van der Waals surface area contributed by atoms with Crippen LogP contribution < -0.4 is 10.1 Å². The van der Waals surface area contributed by atoms with E-state index in [9.17, 15) is 9.18 Å². The number of rotatable bonds is 5. The molecule has 1 saturated carbocycles. The van der Waals surface area contributed by atoms with Crippen molar-refractivity contribution < 1.29 is 13.9 Å². The highest BCUT2D eigenvalue weighted by molar-refractivity contribution is 5.95. The summed E-state index contributed by atoms with van der Waals surface area (Å²) >= 11 is 0. The molecule has 144 valence electrons. The van der Waals surface area contributed by atoms with Gasteiger partial charge in [0, 0.05) is 11.6 Å². The second-order valence-corrected chi connectivity index (χ2v) is 7.20. The molecule has 0 saturated heterocycles. The van der Waals surface area contributed by atoms with E-state index >= 15 is 0 Å². The molecule has 0 heterocycles. The number of benzene rings is 3. The Balaban J connectivity index is 1.38. The second kappa shape index (κ2) is 7.76. The van der Waals surface area contributed by atoms with Crippen molar-refractivity contribution in [3.05, 3.63) is 89.2 Å². The number of halogens is 1. The summed E-state index contributed by atoms with van der Waals surface area (Å²) in [6.07, 6.45) is 0.774. The predicted molar refractivity (Wildman–Crippen MR) is 108 cm³/mol. The summed E-state index contributed by atoms with van der Waals surface area (Å²) in [7, 11) is 0. The Hall–Kier alpha value is -3.65. The van der Waals surface area contributed by atoms with Crippen molar-refractivity contribution in [1.29, 1.82) is 5.26 Å². The van der Waals surface area contributed by atoms with Crippen molar-refractivity contribution in [2.24, 2.45) is 5.92 Å². The highest BCUT2D eigenvalue weighted by atomic mass is 19.1. The smallest absolute Gasteiger partial charge is 0.228 e. The largest absolute Gasteiger partial charge is 0.457 e. The lowest BCUT2D eigenvalue weighted by molar-refractivity contribution is -0.117. The summed E-state index contributed by atoms with van der Waals surface area (Å²) in [4.78, 5) is 12.6. The van der Waals surface area contributed by atoms with Gasteiger partial charge in [-0.2, -0.15) is 5.26 Å². The highest BCUT2D eigenvalue weighted by Crippen LogP contribution is 2.48. The maximum absolute atomic E-state index is 13.1. The SMILES string of the molecule is Cc1cc(Oc2ccc(C#N)cc2)ccc1NC(=O)C1CC1c1ccc(F)cc1. The van der Waals surface area contributed by atoms with Gasteiger partial charge in [0.1, 0.15) is 17.3 Å². The molecule has 0 radical (unpaired) electrons. The molecular weight excluding hydrogens is 367 g/mol. The van der Waals surface area contributed by atoms with Gasteiger partial charge in [0.2, 0.25) is 5.91 Å². The van der Waals surface area contributed by atoms with Crippen molar-refractivity contribution in [1.82, 2.24) is 0 Å². The molecule has 0 bridgehead atoms. The van der Waals surface area contributed by atoms with Crippen LogP contribution in [0.5, 0.6) is 11.5 Å². The number of amides is 1. The van der Waals surface area contributed by atoms with Gasteiger partial charge in [-0.15, -0.1) is 0 Å². The van der Waals surface area contributed by atoms with Gasteiger partial charge < -0.3 is 10.1 Å². The van der Waals surface area contributed by atoms with E-state index in [1.807, 2.05) is 19.1 Å². The quantitative estimate of drug-likeness (QED) is 0.626. The first-order valence-corrected chi connectivity index (χ1v) is 9.38. The second-order valence-electron chi connectivity index (χ2n) is 7.20. The predicted octanol–water partition coefficient (Wildman–Crippen LogP) is 5.54. The normalized spacial score (nSPS) is 17.3. The molecule has 0 spiro atoms. The number of nitriles is 1. The lowest BCUT2D eigenvalue weighted by Crippen LogP contribution is -2.15. The Bertz CT molecular complexity index is 1090. The van der Waals surface area contributed by atoms with Crippen LogP contribution in [0.1, 0.15) is 29.0 Å². The Labute approximate surface area is 168 Å². The lowest BCUT2D eigenvalue weighted by atomic mass is 10.1. The monoisotopic (exact) mass is 386 g/mol. The van der Waals surface area contributed by atoms with E-state index in [0.717, 1.165) is 23.2 Å². The van der Waals surface area contributed by atoms with Crippen LogP contribution in [0.3, 0.4) is 0 Å². The Kier molecular flexibility index (Phi) is 5.01. The number of nitrogens with one attached hydrogen (secondary N) is 1. The molecule has 3 aromatic rings. The lowest BCUT2D eigenvalue weighted by Gasteiger charge is -2.11. The van der Waals surface area contributed by atoms with Crippen LogP contribution in [0, 0.1) is 30.0 Å². The fraction of sp³-hybridized carbons (Fsp3) is 0.167. The van der Waals surface area contributed by atoms with Crippen molar-refractivity contribution in [2.45, 2.75) is 19.3 Å². The Morgan fingerprint density at radius 1 is 1.07 bits per heavy atom. The molecule has 1 amide bonds. The van der Waals surface area contributed by atoms with Gasteiger partial charge in [0.15, 0.2) is 0 Å². The zero-order valence-corrected chi connectivity index (χ0v) is 15.9. The molecule has 2 unspecified atom stereocenters. The van der Waals surface area contributed by atoms with Crippen molar-refractivity contribution >= 4 is 11.6 Å². The van der Waals surface area contributed by atoms with Crippen LogP contribution in [-0.2, 0) is 4.79 Å². The van der Waals surface area contributed by atoms with Gasteiger partial charge in [0.25, 0.3) is 0 Å². The maximum atomic E-state index is 13.1. The summed E-state index contributed by atoms with van der Waals surface area (Å²) in [6.45, 7) is 1.91. The zero-order valence-electron chi connectivity index (χ0n) is 15.9. The van der Waals surface area contributed by atoms with E-state index in [1.54, 1.807) is 42.5 Å². The fourth-order valence-corrected chi connectivity index (χ4v) is 3.36. The van der Waals surface area contributed by atoms with Crippen LogP contribution in [0.25, 0.3) is 0 Å². The molecule has 1 fully saturated rings. The molecule has 3 aromatic carbocycles. The summed E-state index contributed by atoms with van der Waals surface area (Å²) in [5.74, 6) is 1.06. The average Bonchev–Trinajstić information content (AvgIpc) is 3.52. The van der Waals surface area contributed by atoms with Gasteiger partial charge in [0.05, 0.1) is 11.6 Å². The fourth-order valence-electron chi connectivity index (χ4n) is 3.36. The third kappa shape index (κ3) is 4.27. The molecule has 4 nitrogen and oxygen atoms in total. The maximum Gasteiger partial charge on any atom is 0.228 e. The van der Waals surface area contributed by atoms with Crippen LogP contribution in [0.15, 0.2) is 66.7 Å².